The van der Waals surface area contributed by atoms with Crippen molar-refractivity contribution >= 4 is 11.9 Å². The Morgan fingerprint density at radius 3 is 2.56 bits per heavy atom. The topological polar surface area (TPSA) is 104 Å². The summed E-state index contributed by atoms with van der Waals surface area (Å²) in [6.45, 7) is -0.108. The van der Waals surface area contributed by atoms with Gasteiger partial charge in [-0.15, -0.1) is 0 Å². The third-order valence-electron chi connectivity index (χ3n) is 2.20. The number of benzene rings is 1. The summed E-state index contributed by atoms with van der Waals surface area (Å²) in [5.41, 5.74) is 0.0206. The average Bonchev–Trinajstić information content (AvgIpc) is 2.36. The van der Waals surface area contributed by atoms with Crippen LogP contribution in [0.2, 0.25) is 0 Å². The molecule has 0 aliphatic heterocycles. The van der Waals surface area contributed by atoms with E-state index in [9.17, 15) is 14.7 Å². The van der Waals surface area contributed by atoms with Crippen molar-refractivity contribution in [2.45, 2.75) is 19.1 Å². The first-order valence-electron chi connectivity index (χ1n) is 5.38. The van der Waals surface area contributed by atoms with Crippen LogP contribution in [-0.2, 0) is 4.74 Å². The van der Waals surface area contributed by atoms with E-state index in [0.717, 1.165) is 0 Å². The van der Waals surface area contributed by atoms with Crippen molar-refractivity contribution in [3.05, 3.63) is 35.4 Å². The Hall–Kier alpha value is -1.92. The van der Waals surface area contributed by atoms with Crippen molar-refractivity contribution in [1.29, 1.82) is 0 Å². The first-order chi connectivity index (χ1) is 8.54. The predicted octanol–water partition coefficient (Wildman–Crippen LogP) is 0.633. The fraction of sp³-hybridized carbons (Fsp3) is 0.333. The van der Waals surface area contributed by atoms with Crippen molar-refractivity contribution in [2.24, 2.45) is 0 Å². The second-order valence-electron chi connectivity index (χ2n) is 3.61. The second kappa shape index (κ2) is 6.73. The fourth-order valence-electron chi connectivity index (χ4n) is 1.30. The van der Waals surface area contributed by atoms with Gasteiger partial charge in [-0.05, 0) is 24.6 Å². The Kier molecular flexibility index (Phi) is 5.29. The van der Waals surface area contributed by atoms with Gasteiger partial charge in [-0.2, -0.15) is 0 Å². The lowest BCUT2D eigenvalue weighted by Crippen LogP contribution is -2.18. The first kappa shape index (κ1) is 14.1. The van der Waals surface area contributed by atoms with Gasteiger partial charge < -0.3 is 20.1 Å². The number of hydrogen-bond donors (Lipinski definition) is 3. The Labute approximate surface area is 103 Å². The van der Waals surface area contributed by atoms with Gasteiger partial charge in [0.25, 0.3) is 0 Å². The molecule has 0 amide bonds. The molecule has 0 aromatic heterocycles. The molecule has 3 N–H and O–H groups in total. The van der Waals surface area contributed by atoms with E-state index >= 15 is 0 Å². The zero-order valence-corrected chi connectivity index (χ0v) is 9.57. The summed E-state index contributed by atoms with van der Waals surface area (Å²) in [5.74, 6) is -1.95. The molecule has 0 saturated carbocycles. The van der Waals surface area contributed by atoms with Gasteiger partial charge in [0.05, 0.1) is 11.1 Å². The van der Waals surface area contributed by atoms with Crippen LogP contribution >= 0.6 is 0 Å². The van der Waals surface area contributed by atoms with Crippen LogP contribution < -0.4 is 0 Å². The third kappa shape index (κ3) is 4.15. The molecule has 0 aliphatic rings. The number of carboxylic acid groups (broad SMARTS) is 1. The highest BCUT2D eigenvalue weighted by molar-refractivity contribution is 5.94. The van der Waals surface area contributed by atoms with Gasteiger partial charge in [0.2, 0.25) is 6.29 Å². The summed E-state index contributed by atoms with van der Waals surface area (Å²) >= 11 is 0. The normalized spacial score (nSPS) is 11.9. The van der Waals surface area contributed by atoms with E-state index in [2.05, 4.69) is 4.74 Å². The molecular weight excluding hydrogens is 240 g/mol. The summed E-state index contributed by atoms with van der Waals surface area (Å²) in [6.07, 6.45) is -0.872. The van der Waals surface area contributed by atoms with Crippen molar-refractivity contribution in [3.8, 4) is 0 Å². The molecule has 0 saturated heterocycles. The van der Waals surface area contributed by atoms with Crippen LogP contribution in [0.25, 0.3) is 0 Å². The number of esters is 1. The predicted molar refractivity (Wildman–Crippen MR) is 61.1 cm³/mol. The van der Waals surface area contributed by atoms with Gasteiger partial charge in [-0.3, -0.25) is 0 Å². The maximum absolute atomic E-state index is 11.6. The molecule has 18 heavy (non-hydrogen) atoms. The van der Waals surface area contributed by atoms with Crippen molar-refractivity contribution in [2.75, 3.05) is 6.61 Å². The first-order valence-corrected chi connectivity index (χ1v) is 5.38. The van der Waals surface area contributed by atoms with E-state index in [1.54, 1.807) is 0 Å². The molecule has 0 radical (unpaired) electrons. The lowest BCUT2D eigenvalue weighted by Gasteiger charge is -2.11. The number of carbonyl (C=O) groups is 2. The van der Waals surface area contributed by atoms with Crippen molar-refractivity contribution in [1.82, 2.24) is 0 Å². The molecule has 1 aromatic rings. The van der Waals surface area contributed by atoms with Crippen LogP contribution in [0.1, 0.15) is 33.6 Å². The molecule has 1 aromatic carbocycles. The highest BCUT2D eigenvalue weighted by Gasteiger charge is 2.14. The lowest BCUT2D eigenvalue weighted by atomic mass is 10.1. The largest absolute Gasteiger partial charge is 0.478 e. The van der Waals surface area contributed by atoms with Gasteiger partial charge in [-0.1, -0.05) is 6.07 Å². The lowest BCUT2D eigenvalue weighted by molar-refractivity contribution is -0.0707. The van der Waals surface area contributed by atoms with Crippen molar-refractivity contribution in [3.63, 3.8) is 0 Å². The Bertz CT molecular complexity index is 428. The van der Waals surface area contributed by atoms with Gasteiger partial charge >= 0.3 is 11.9 Å². The second-order valence-corrected chi connectivity index (χ2v) is 3.61. The van der Waals surface area contributed by atoms with Crippen LogP contribution in [-0.4, -0.2) is 40.2 Å². The minimum atomic E-state index is -1.31. The van der Waals surface area contributed by atoms with Gasteiger partial charge in [0.1, 0.15) is 0 Å². The molecule has 0 aliphatic carbocycles. The molecule has 0 spiro atoms. The van der Waals surface area contributed by atoms with Gasteiger partial charge in [-0.25, -0.2) is 9.59 Å². The molecule has 0 heterocycles. The number of carboxylic acids is 1. The number of ether oxygens (including phenoxy) is 1. The minimum Gasteiger partial charge on any atom is -0.478 e. The highest BCUT2D eigenvalue weighted by atomic mass is 16.6. The fourth-order valence-corrected chi connectivity index (χ4v) is 1.30. The van der Waals surface area contributed by atoms with E-state index in [1.165, 1.54) is 24.3 Å². The Balaban J connectivity index is 2.66. The average molecular weight is 254 g/mol. The van der Waals surface area contributed by atoms with Crippen LogP contribution in [0.3, 0.4) is 0 Å². The Morgan fingerprint density at radius 2 is 1.94 bits per heavy atom. The summed E-state index contributed by atoms with van der Waals surface area (Å²) in [5, 5.41) is 26.6. The molecule has 6 nitrogen and oxygen atoms in total. The van der Waals surface area contributed by atoms with E-state index < -0.39 is 18.2 Å². The van der Waals surface area contributed by atoms with Crippen molar-refractivity contribution < 1.29 is 29.6 Å². The quantitative estimate of drug-likeness (QED) is 0.508. The highest BCUT2D eigenvalue weighted by Crippen LogP contribution is 2.09. The molecule has 1 rings (SSSR count). The standard InChI is InChI=1S/C12H14O6/c13-6-2-5-10(14)18-12(17)9-4-1-3-8(7-9)11(15)16/h1,3-4,7,10,13-14H,2,5-6H2,(H,15,16). The van der Waals surface area contributed by atoms with Crippen LogP contribution in [0.5, 0.6) is 0 Å². The van der Waals surface area contributed by atoms with E-state index in [-0.39, 0.29) is 24.2 Å². The van der Waals surface area contributed by atoms with E-state index in [0.29, 0.717) is 6.42 Å². The molecule has 0 bridgehead atoms. The molecule has 6 heteroatoms. The number of aliphatic hydroxyl groups excluding tert-OH is 2. The number of rotatable bonds is 6. The number of aromatic carboxylic acids is 1. The molecule has 1 unspecified atom stereocenters. The zero-order chi connectivity index (χ0) is 13.5. The van der Waals surface area contributed by atoms with Gasteiger partial charge in [0.15, 0.2) is 0 Å². The summed E-state index contributed by atoms with van der Waals surface area (Å²) in [4.78, 5) is 22.3. The molecular formula is C12H14O6. The van der Waals surface area contributed by atoms with Crippen LogP contribution in [0.4, 0.5) is 0 Å². The summed E-state index contributed by atoms with van der Waals surface area (Å²) < 4.78 is 4.69. The third-order valence-corrected chi connectivity index (χ3v) is 2.20. The summed E-state index contributed by atoms with van der Waals surface area (Å²) in [6, 6.07) is 5.33. The monoisotopic (exact) mass is 254 g/mol. The Morgan fingerprint density at radius 1 is 1.28 bits per heavy atom. The SMILES string of the molecule is O=C(O)c1cccc(C(=O)OC(O)CCCO)c1. The van der Waals surface area contributed by atoms with E-state index in [4.69, 9.17) is 10.2 Å². The molecule has 98 valence electrons. The molecule has 0 fully saturated rings. The minimum absolute atomic E-state index is 0.0331. The zero-order valence-electron chi connectivity index (χ0n) is 9.57. The maximum atomic E-state index is 11.6. The van der Waals surface area contributed by atoms with E-state index in [1.807, 2.05) is 0 Å². The number of hydrogen-bond acceptors (Lipinski definition) is 5. The van der Waals surface area contributed by atoms with Crippen LogP contribution in [0, 0.1) is 0 Å². The maximum Gasteiger partial charge on any atom is 0.340 e. The number of aliphatic hydroxyl groups is 2. The molecule has 1 atom stereocenters. The smallest absolute Gasteiger partial charge is 0.340 e. The van der Waals surface area contributed by atoms with Gasteiger partial charge in [0, 0.05) is 13.0 Å². The number of carbonyl (C=O) groups excluding carboxylic acids is 1. The summed E-state index contributed by atoms with van der Waals surface area (Å²) in [7, 11) is 0. The van der Waals surface area contributed by atoms with Crippen LogP contribution in [0.15, 0.2) is 24.3 Å².